The third kappa shape index (κ3) is 6.95. The Bertz CT molecular complexity index is 487. The van der Waals surface area contributed by atoms with Gasteiger partial charge in [-0.05, 0) is 18.6 Å². The number of rotatable bonds is 9. The van der Waals surface area contributed by atoms with Gasteiger partial charge >= 0.3 is 11.9 Å². The minimum atomic E-state index is -1.41. The highest BCUT2D eigenvalue weighted by Crippen LogP contribution is 2.08. The Labute approximate surface area is 121 Å². The SMILES string of the molecule is O=C(O)C[C@H](NC(=O)CCCOc1ccccc1)C(=O)O. The second kappa shape index (κ2) is 8.57. The summed E-state index contributed by atoms with van der Waals surface area (Å²) in [6.07, 6.45) is -0.183. The Morgan fingerprint density at radius 2 is 1.81 bits per heavy atom. The Balaban J connectivity index is 2.26. The van der Waals surface area contributed by atoms with Crippen LogP contribution in [0.4, 0.5) is 0 Å². The maximum atomic E-state index is 11.5. The minimum Gasteiger partial charge on any atom is -0.494 e. The molecule has 1 amide bonds. The molecule has 0 radical (unpaired) electrons. The van der Waals surface area contributed by atoms with E-state index >= 15 is 0 Å². The summed E-state index contributed by atoms with van der Waals surface area (Å²) in [6.45, 7) is 0.314. The second-order valence-electron chi connectivity index (χ2n) is 4.32. The van der Waals surface area contributed by atoms with Gasteiger partial charge in [0.05, 0.1) is 13.0 Å². The van der Waals surface area contributed by atoms with E-state index in [-0.39, 0.29) is 6.42 Å². The van der Waals surface area contributed by atoms with Crippen LogP contribution in [-0.4, -0.2) is 40.7 Å². The Morgan fingerprint density at radius 3 is 2.38 bits per heavy atom. The fraction of sp³-hybridized carbons (Fsp3) is 0.357. The van der Waals surface area contributed by atoms with Crippen molar-refractivity contribution in [1.29, 1.82) is 0 Å². The Kier molecular flexibility index (Phi) is 6.73. The van der Waals surface area contributed by atoms with Crippen molar-refractivity contribution in [3.05, 3.63) is 30.3 Å². The maximum absolute atomic E-state index is 11.5. The molecule has 1 aromatic carbocycles. The van der Waals surface area contributed by atoms with Gasteiger partial charge < -0.3 is 20.3 Å². The van der Waals surface area contributed by atoms with Gasteiger partial charge in [0.15, 0.2) is 0 Å². The minimum absolute atomic E-state index is 0.0657. The molecule has 1 atom stereocenters. The molecule has 114 valence electrons. The van der Waals surface area contributed by atoms with Crippen LogP contribution in [-0.2, 0) is 14.4 Å². The lowest BCUT2D eigenvalue weighted by Gasteiger charge is -2.12. The quantitative estimate of drug-likeness (QED) is 0.583. The average molecular weight is 295 g/mol. The van der Waals surface area contributed by atoms with E-state index < -0.39 is 30.3 Å². The first-order valence-corrected chi connectivity index (χ1v) is 6.41. The van der Waals surface area contributed by atoms with E-state index in [2.05, 4.69) is 5.32 Å². The molecule has 0 spiro atoms. The number of carbonyl (C=O) groups is 3. The zero-order valence-electron chi connectivity index (χ0n) is 11.3. The van der Waals surface area contributed by atoms with Crippen molar-refractivity contribution in [2.24, 2.45) is 0 Å². The van der Waals surface area contributed by atoms with Gasteiger partial charge in [0.25, 0.3) is 0 Å². The molecule has 0 saturated heterocycles. The lowest BCUT2D eigenvalue weighted by Crippen LogP contribution is -2.42. The van der Waals surface area contributed by atoms with Crippen molar-refractivity contribution in [2.45, 2.75) is 25.3 Å². The van der Waals surface area contributed by atoms with E-state index in [0.717, 1.165) is 0 Å². The molecule has 0 unspecified atom stereocenters. The Hall–Kier alpha value is -2.57. The summed E-state index contributed by atoms with van der Waals surface area (Å²) in [6, 6.07) is 7.66. The maximum Gasteiger partial charge on any atom is 0.326 e. The summed E-state index contributed by atoms with van der Waals surface area (Å²) < 4.78 is 5.38. The highest BCUT2D eigenvalue weighted by molar-refractivity contribution is 5.86. The molecular weight excluding hydrogens is 278 g/mol. The van der Waals surface area contributed by atoms with Crippen LogP contribution in [0.2, 0.25) is 0 Å². The van der Waals surface area contributed by atoms with Gasteiger partial charge in [-0.2, -0.15) is 0 Å². The lowest BCUT2D eigenvalue weighted by molar-refractivity contribution is -0.147. The smallest absolute Gasteiger partial charge is 0.326 e. The lowest BCUT2D eigenvalue weighted by atomic mass is 10.2. The molecule has 21 heavy (non-hydrogen) atoms. The van der Waals surface area contributed by atoms with Crippen LogP contribution >= 0.6 is 0 Å². The van der Waals surface area contributed by atoms with Gasteiger partial charge in [-0.15, -0.1) is 0 Å². The fourth-order valence-corrected chi connectivity index (χ4v) is 1.58. The van der Waals surface area contributed by atoms with E-state index in [0.29, 0.717) is 18.8 Å². The molecule has 0 aliphatic rings. The number of ether oxygens (including phenoxy) is 1. The number of amides is 1. The normalized spacial score (nSPS) is 11.4. The molecule has 0 bridgehead atoms. The molecule has 0 saturated carbocycles. The number of carboxylic acid groups (broad SMARTS) is 2. The van der Waals surface area contributed by atoms with E-state index in [9.17, 15) is 14.4 Å². The monoisotopic (exact) mass is 295 g/mol. The summed E-state index contributed by atoms with van der Waals surface area (Å²) in [4.78, 5) is 32.8. The van der Waals surface area contributed by atoms with Gasteiger partial charge in [0.2, 0.25) is 5.91 Å². The third-order valence-electron chi connectivity index (χ3n) is 2.57. The molecule has 1 aromatic rings. The highest BCUT2D eigenvalue weighted by atomic mass is 16.5. The first-order valence-electron chi connectivity index (χ1n) is 6.41. The summed E-state index contributed by atoms with van der Waals surface area (Å²) in [5.41, 5.74) is 0. The van der Waals surface area contributed by atoms with Gasteiger partial charge in [-0.1, -0.05) is 18.2 Å². The summed E-state index contributed by atoms with van der Waals surface area (Å²) in [5.74, 6) is -2.48. The number of hydrogen-bond donors (Lipinski definition) is 3. The van der Waals surface area contributed by atoms with Crippen LogP contribution < -0.4 is 10.1 Å². The predicted molar refractivity (Wildman–Crippen MR) is 73.0 cm³/mol. The number of carboxylic acids is 2. The van der Waals surface area contributed by atoms with Crippen molar-refractivity contribution in [1.82, 2.24) is 5.32 Å². The van der Waals surface area contributed by atoms with E-state index in [1.54, 1.807) is 12.1 Å². The number of nitrogens with one attached hydrogen (secondary N) is 1. The molecular formula is C14H17NO6. The summed E-state index contributed by atoms with van der Waals surface area (Å²) >= 11 is 0. The van der Waals surface area contributed by atoms with Crippen LogP contribution in [0.25, 0.3) is 0 Å². The van der Waals surface area contributed by atoms with Crippen molar-refractivity contribution >= 4 is 17.8 Å². The summed E-state index contributed by atoms with van der Waals surface area (Å²) in [5, 5.41) is 19.5. The van der Waals surface area contributed by atoms with Gasteiger partial charge in [0.1, 0.15) is 11.8 Å². The third-order valence-corrected chi connectivity index (χ3v) is 2.57. The van der Waals surface area contributed by atoms with Crippen LogP contribution in [0.1, 0.15) is 19.3 Å². The van der Waals surface area contributed by atoms with E-state index in [1.165, 1.54) is 0 Å². The van der Waals surface area contributed by atoms with Gasteiger partial charge in [-0.25, -0.2) is 4.79 Å². The first-order chi connectivity index (χ1) is 9.99. The van der Waals surface area contributed by atoms with Crippen molar-refractivity contribution in [3.8, 4) is 5.75 Å². The molecule has 0 fully saturated rings. The van der Waals surface area contributed by atoms with Crippen LogP contribution in [0.15, 0.2) is 30.3 Å². The van der Waals surface area contributed by atoms with Gasteiger partial charge in [-0.3, -0.25) is 9.59 Å². The van der Waals surface area contributed by atoms with Crippen LogP contribution in [0, 0.1) is 0 Å². The number of hydrogen-bond acceptors (Lipinski definition) is 4. The topological polar surface area (TPSA) is 113 Å². The molecule has 0 aliphatic carbocycles. The van der Waals surface area contributed by atoms with E-state index in [4.69, 9.17) is 14.9 Å². The molecule has 3 N–H and O–H groups in total. The average Bonchev–Trinajstić information content (AvgIpc) is 2.43. The van der Waals surface area contributed by atoms with Gasteiger partial charge in [0, 0.05) is 6.42 Å². The fourth-order valence-electron chi connectivity index (χ4n) is 1.58. The molecule has 0 aliphatic heterocycles. The largest absolute Gasteiger partial charge is 0.494 e. The molecule has 7 nitrogen and oxygen atoms in total. The molecule has 7 heteroatoms. The van der Waals surface area contributed by atoms with Crippen molar-refractivity contribution in [3.63, 3.8) is 0 Å². The zero-order chi connectivity index (χ0) is 15.7. The van der Waals surface area contributed by atoms with Crippen molar-refractivity contribution in [2.75, 3.05) is 6.61 Å². The van der Waals surface area contributed by atoms with E-state index in [1.807, 2.05) is 18.2 Å². The molecule has 1 rings (SSSR count). The number of carbonyl (C=O) groups excluding carboxylic acids is 1. The second-order valence-corrected chi connectivity index (χ2v) is 4.32. The number of para-hydroxylation sites is 1. The first kappa shape index (κ1) is 16.5. The zero-order valence-corrected chi connectivity index (χ0v) is 11.3. The highest BCUT2D eigenvalue weighted by Gasteiger charge is 2.22. The standard InChI is InChI=1S/C14H17NO6/c16-12(15-11(14(19)20)9-13(17)18)7-4-8-21-10-5-2-1-3-6-10/h1-3,5-6,11H,4,7-9H2,(H,15,16)(H,17,18)(H,19,20)/t11-/m0/s1. The van der Waals surface area contributed by atoms with Crippen LogP contribution in [0.5, 0.6) is 5.75 Å². The Morgan fingerprint density at radius 1 is 1.14 bits per heavy atom. The van der Waals surface area contributed by atoms with Crippen molar-refractivity contribution < 1.29 is 29.3 Å². The number of benzene rings is 1. The number of aliphatic carboxylic acids is 2. The molecule has 0 heterocycles. The summed E-state index contributed by atoms with van der Waals surface area (Å²) in [7, 11) is 0. The predicted octanol–water partition coefficient (Wildman–Crippen LogP) is 0.890. The van der Waals surface area contributed by atoms with Crippen LogP contribution in [0.3, 0.4) is 0 Å². The molecule has 0 aromatic heterocycles.